The number of carbonyl (C=O) groups excluding carboxylic acids is 1. The van der Waals surface area contributed by atoms with Gasteiger partial charge in [-0.25, -0.2) is 4.68 Å². The number of nitrogens with zero attached hydrogens (tertiary/aromatic N) is 3. The standard InChI is InChI=1S/C19H18N4O3S/c1-3-8-21-19-23(22-10-14-6-4-12(2)26-14)16(11-27-19)13-5-7-17(24)15(9-13)18(20)25/h3-7,9-11,24H,1,8H2,2H3,(H2,20,25). The van der Waals surface area contributed by atoms with Crippen molar-refractivity contribution in [3.63, 3.8) is 0 Å². The highest BCUT2D eigenvalue weighted by Crippen LogP contribution is 2.26. The number of amides is 1. The molecular formula is C19H18N4O3S. The number of carbonyl (C=O) groups is 1. The monoisotopic (exact) mass is 382 g/mol. The maximum atomic E-state index is 11.5. The molecule has 0 atom stereocenters. The zero-order valence-corrected chi connectivity index (χ0v) is 15.4. The molecule has 1 aromatic carbocycles. The van der Waals surface area contributed by atoms with Gasteiger partial charge in [0.15, 0.2) is 0 Å². The third-order valence-corrected chi connectivity index (χ3v) is 4.51. The Kier molecular flexibility index (Phi) is 5.37. The third kappa shape index (κ3) is 4.06. The highest BCUT2D eigenvalue weighted by Gasteiger charge is 2.13. The lowest BCUT2D eigenvalue weighted by atomic mass is 10.1. The predicted octanol–water partition coefficient (Wildman–Crippen LogP) is 2.89. The zero-order valence-electron chi connectivity index (χ0n) is 14.6. The fraction of sp³-hybridized carbons (Fsp3) is 0.105. The number of thiazole rings is 1. The fourth-order valence-corrected chi connectivity index (χ4v) is 3.24. The second-order valence-electron chi connectivity index (χ2n) is 5.63. The molecular weight excluding hydrogens is 364 g/mol. The van der Waals surface area contributed by atoms with Crippen LogP contribution in [0, 0.1) is 6.92 Å². The number of furan rings is 1. The van der Waals surface area contributed by atoms with Crippen molar-refractivity contribution in [3.8, 4) is 17.0 Å². The van der Waals surface area contributed by atoms with Crippen LogP contribution < -0.4 is 10.5 Å². The quantitative estimate of drug-likeness (QED) is 0.506. The molecule has 0 aliphatic heterocycles. The van der Waals surface area contributed by atoms with Gasteiger partial charge < -0.3 is 15.3 Å². The normalized spacial score (nSPS) is 12.0. The summed E-state index contributed by atoms with van der Waals surface area (Å²) >= 11 is 1.40. The van der Waals surface area contributed by atoms with Crippen LogP contribution in [0.5, 0.6) is 5.75 Å². The summed E-state index contributed by atoms with van der Waals surface area (Å²) in [5.74, 6) is 0.518. The molecule has 8 heteroatoms. The van der Waals surface area contributed by atoms with Crippen LogP contribution in [0.4, 0.5) is 0 Å². The Bertz CT molecular complexity index is 1090. The van der Waals surface area contributed by atoms with Crippen molar-refractivity contribution in [3.05, 3.63) is 70.3 Å². The van der Waals surface area contributed by atoms with Gasteiger partial charge in [0, 0.05) is 10.9 Å². The summed E-state index contributed by atoms with van der Waals surface area (Å²) < 4.78 is 7.16. The number of primary amides is 1. The Balaban J connectivity index is 2.12. The molecule has 3 rings (SSSR count). The SMILES string of the molecule is C=CCN=c1scc(-c2ccc(O)c(C(N)=O)c2)n1N=Cc1ccc(C)o1. The Morgan fingerprint density at radius 3 is 2.89 bits per heavy atom. The van der Waals surface area contributed by atoms with E-state index in [0.717, 1.165) is 5.76 Å². The fourth-order valence-electron chi connectivity index (χ4n) is 2.39. The number of hydrogen-bond acceptors (Lipinski definition) is 6. The number of aromatic nitrogens is 1. The summed E-state index contributed by atoms with van der Waals surface area (Å²) in [7, 11) is 0. The first-order valence-electron chi connectivity index (χ1n) is 8.05. The molecule has 0 aliphatic rings. The highest BCUT2D eigenvalue weighted by atomic mass is 32.1. The first kappa shape index (κ1) is 18.4. The van der Waals surface area contributed by atoms with Crippen molar-refractivity contribution < 1.29 is 14.3 Å². The van der Waals surface area contributed by atoms with E-state index in [1.807, 2.05) is 24.4 Å². The first-order chi connectivity index (χ1) is 13.0. The Hall–Kier alpha value is -3.39. The van der Waals surface area contributed by atoms with E-state index in [-0.39, 0.29) is 11.3 Å². The Labute approximate surface area is 159 Å². The van der Waals surface area contributed by atoms with Crippen molar-refractivity contribution in [2.24, 2.45) is 15.8 Å². The molecule has 0 aliphatic carbocycles. The Morgan fingerprint density at radius 1 is 1.41 bits per heavy atom. The number of hydrogen-bond donors (Lipinski definition) is 2. The molecule has 27 heavy (non-hydrogen) atoms. The van der Waals surface area contributed by atoms with Crippen LogP contribution in [-0.2, 0) is 0 Å². The zero-order chi connectivity index (χ0) is 19.4. The number of phenols is 1. The summed E-state index contributed by atoms with van der Waals surface area (Å²) in [6.07, 6.45) is 3.28. The maximum absolute atomic E-state index is 11.5. The van der Waals surface area contributed by atoms with Gasteiger partial charge in [-0.2, -0.15) is 5.10 Å². The van der Waals surface area contributed by atoms with Gasteiger partial charge in [-0.1, -0.05) is 6.08 Å². The van der Waals surface area contributed by atoms with Gasteiger partial charge in [-0.3, -0.25) is 9.79 Å². The van der Waals surface area contributed by atoms with Gasteiger partial charge in [0.2, 0.25) is 4.80 Å². The van der Waals surface area contributed by atoms with Gasteiger partial charge in [0.25, 0.3) is 5.91 Å². The topological polar surface area (TPSA) is 106 Å². The van der Waals surface area contributed by atoms with Gasteiger partial charge in [0.05, 0.1) is 24.0 Å². The molecule has 0 unspecified atom stereocenters. The lowest BCUT2D eigenvalue weighted by Gasteiger charge is -2.06. The van der Waals surface area contributed by atoms with E-state index in [1.54, 1.807) is 23.0 Å². The van der Waals surface area contributed by atoms with Gasteiger partial charge in [0.1, 0.15) is 17.3 Å². The van der Waals surface area contributed by atoms with E-state index in [0.29, 0.717) is 28.4 Å². The molecule has 2 heterocycles. The molecule has 0 spiro atoms. The Morgan fingerprint density at radius 2 is 2.22 bits per heavy atom. The van der Waals surface area contributed by atoms with Crippen LogP contribution in [0.3, 0.4) is 0 Å². The summed E-state index contributed by atoms with van der Waals surface area (Å²) in [6, 6.07) is 8.31. The van der Waals surface area contributed by atoms with E-state index in [1.165, 1.54) is 23.5 Å². The van der Waals surface area contributed by atoms with Crippen LogP contribution in [0.15, 0.2) is 62.9 Å². The van der Waals surface area contributed by atoms with Crippen LogP contribution in [0.2, 0.25) is 0 Å². The van der Waals surface area contributed by atoms with E-state index in [9.17, 15) is 9.90 Å². The first-order valence-corrected chi connectivity index (χ1v) is 8.93. The summed E-state index contributed by atoms with van der Waals surface area (Å²) in [6.45, 7) is 5.97. The van der Waals surface area contributed by atoms with E-state index in [2.05, 4.69) is 16.7 Å². The number of nitrogens with two attached hydrogens (primary N) is 1. The van der Waals surface area contributed by atoms with E-state index < -0.39 is 5.91 Å². The average Bonchev–Trinajstić information content (AvgIpc) is 3.24. The van der Waals surface area contributed by atoms with E-state index in [4.69, 9.17) is 10.2 Å². The molecule has 3 N–H and O–H groups in total. The van der Waals surface area contributed by atoms with Gasteiger partial charge >= 0.3 is 0 Å². The molecule has 0 bridgehead atoms. The molecule has 0 saturated heterocycles. The number of aryl methyl sites for hydroxylation is 1. The molecule has 0 saturated carbocycles. The van der Waals surface area contributed by atoms with Gasteiger partial charge in [-0.15, -0.1) is 17.9 Å². The molecule has 0 radical (unpaired) electrons. The number of rotatable bonds is 6. The summed E-state index contributed by atoms with van der Waals surface area (Å²) in [4.78, 5) is 16.6. The van der Waals surface area contributed by atoms with Gasteiger partial charge in [-0.05, 0) is 37.3 Å². The molecule has 3 aromatic rings. The minimum atomic E-state index is -0.706. The minimum absolute atomic E-state index is 0.0421. The van der Waals surface area contributed by atoms with Crippen LogP contribution in [0.1, 0.15) is 21.9 Å². The molecule has 7 nitrogen and oxygen atoms in total. The largest absolute Gasteiger partial charge is 0.507 e. The lowest BCUT2D eigenvalue weighted by Crippen LogP contribution is -2.13. The average molecular weight is 382 g/mol. The predicted molar refractivity (Wildman–Crippen MR) is 105 cm³/mol. The van der Waals surface area contributed by atoms with Crippen LogP contribution in [-0.4, -0.2) is 28.4 Å². The lowest BCUT2D eigenvalue weighted by molar-refractivity contribution is 0.0998. The van der Waals surface area contributed by atoms with Crippen LogP contribution in [0.25, 0.3) is 11.3 Å². The smallest absolute Gasteiger partial charge is 0.252 e. The van der Waals surface area contributed by atoms with Crippen molar-refractivity contribution in [1.29, 1.82) is 0 Å². The van der Waals surface area contributed by atoms with Crippen molar-refractivity contribution >= 4 is 23.5 Å². The van der Waals surface area contributed by atoms with Crippen LogP contribution >= 0.6 is 11.3 Å². The molecule has 0 fully saturated rings. The second-order valence-corrected chi connectivity index (χ2v) is 6.47. The maximum Gasteiger partial charge on any atom is 0.252 e. The van der Waals surface area contributed by atoms with Crippen molar-refractivity contribution in [2.75, 3.05) is 6.54 Å². The van der Waals surface area contributed by atoms with E-state index >= 15 is 0 Å². The highest BCUT2D eigenvalue weighted by molar-refractivity contribution is 7.07. The van der Waals surface area contributed by atoms with Crippen molar-refractivity contribution in [2.45, 2.75) is 6.92 Å². The number of aromatic hydroxyl groups is 1. The molecule has 138 valence electrons. The third-order valence-electron chi connectivity index (χ3n) is 3.66. The van der Waals surface area contributed by atoms with Crippen molar-refractivity contribution in [1.82, 2.24) is 4.68 Å². The number of benzene rings is 1. The minimum Gasteiger partial charge on any atom is -0.507 e. The molecule has 2 aromatic heterocycles. The molecule has 1 amide bonds. The summed E-state index contributed by atoms with van der Waals surface area (Å²) in [5, 5.41) is 16.2. The second kappa shape index (κ2) is 7.88. The summed E-state index contributed by atoms with van der Waals surface area (Å²) in [5.41, 5.74) is 6.75.